The first-order valence-corrected chi connectivity index (χ1v) is 5.84. The van der Waals surface area contributed by atoms with Crippen LogP contribution in [-0.4, -0.2) is 21.7 Å². The van der Waals surface area contributed by atoms with Crippen LogP contribution in [0.25, 0.3) is 16.2 Å². The van der Waals surface area contributed by atoms with E-state index in [0.717, 1.165) is 22.0 Å². The second kappa shape index (κ2) is 3.74. The van der Waals surface area contributed by atoms with E-state index in [1.807, 2.05) is 30.5 Å². The van der Waals surface area contributed by atoms with Crippen molar-refractivity contribution in [3.05, 3.63) is 30.5 Å². The van der Waals surface area contributed by atoms with Gasteiger partial charge in [0.15, 0.2) is 0 Å². The van der Waals surface area contributed by atoms with Crippen LogP contribution in [0.3, 0.4) is 0 Å². The van der Waals surface area contributed by atoms with Crippen molar-refractivity contribution in [1.82, 2.24) is 14.6 Å². The summed E-state index contributed by atoms with van der Waals surface area (Å²) >= 11 is 1.36. The molecule has 6 heteroatoms. The van der Waals surface area contributed by atoms with Gasteiger partial charge >= 0.3 is 0 Å². The zero-order chi connectivity index (χ0) is 11.8. The van der Waals surface area contributed by atoms with Gasteiger partial charge in [-0.2, -0.15) is 0 Å². The summed E-state index contributed by atoms with van der Waals surface area (Å²) in [6.07, 6.45) is 1.85. The molecule has 3 aromatic rings. The van der Waals surface area contributed by atoms with Crippen molar-refractivity contribution in [2.45, 2.75) is 0 Å². The Balaban J connectivity index is 2.16. The second-order valence-electron chi connectivity index (χ2n) is 3.49. The molecule has 1 aromatic carbocycles. The Bertz CT molecular complexity index is 641. The summed E-state index contributed by atoms with van der Waals surface area (Å²) in [4.78, 5) is 5.25. The normalized spacial score (nSPS) is 10.9. The minimum atomic E-state index is 0.513. The third-order valence-corrected chi connectivity index (χ3v) is 3.19. The minimum Gasteiger partial charge on any atom is -0.496 e. The maximum Gasteiger partial charge on any atom is 0.214 e. The van der Waals surface area contributed by atoms with Gasteiger partial charge < -0.3 is 10.5 Å². The van der Waals surface area contributed by atoms with E-state index in [4.69, 9.17) is 10.5 Å². The highest BCUT2D eigenvalue weighted by Crippen LogP contribution is 2.30. The second-order valence-corrected chi connectivity index (χ2v) is 4.48. The largest absolute Gasteiger partial charge is 0.496 e. The van der Waals surface area contributed by atoms with Gasteiger partial charge in [0.25, 0.3) is 0 Å². The molecule has 0 unspecified atom stereocenters. The molecule has 5 nitrogen and oxygen atoms in total. The Hall–Kier alpha value is -2.08. The number of nitrogens with zero attached hydrogens (tertiary/aromatic N) is 3. The summed E-state index contributed by atoms with van der Waals surface area (Å²) in [7, 11) is 1.65. The van der Waals surface area contributed by atoms with Crippen molar-refractivity contribution < 1.29 is 4.74 Å². The monoisotopic (exact) mass is 246 g/mol. The third-order valence-electron chi connectivity index (χ3n) is 2.44. The molecule has 2 N–H and O–H groups in total. The maximum atomic E-state index is 5.60. The Morgan fingerprint density at radius 3 is 2.94 bits per heavy atom. The minimum absolute atomic E-state index is 0.513. The predicted molar refractivity (Wildman–Crippen MR) is 67.3 cm³/mol. The molecule has 0 radical (unpaired) electrons. The fourth-order valence-corrected chi connectivity index (χ4v) is 2.35. The quantitative estimate of drug-likeness (QED) is 0.751. The molecule has 0 bridgehead atoms. The smallest absolute Gasteiger partial charge is 0.214 e. The zero-order valence-electron chi connectivity index (χ0n) is 9.12. The van der Waals surface area contributed by atoms with Crippen LogP contribution in [0, 0.1) is 0 Å². The number of ether oxygens (including phenoxy) is 1. The van der Waals surface area contributed by atoms with Crippen molar-refractivity contribution in [2.75, 3.05) is 12.8 Å². The number of hydrogen-bond acceptors (Lipinski definition) is 5. The summed E-state index contributed by atoms with van der Waals surface area (Å²) in [5.74, 6) is 0.797. The van der Waals surface area contributed by atoms with E-state index in [9.17, 15) is 0 Å². The fraction of sp³-hybridized carbons (Fsp3) is 0.0909. The molecule has 17 heavy (non-hydrogen) atoms. The summed E-state index contributed by atoms with van der Waals surface area (Å²) in [5, 5.41) is 4.64. The van der Waals surface area contributed by atoms with E-state index in [1.165, 1.54) is 11.3 Å². The molecule has 0 saturated heterocycles. The first kappa shape index (κ1) is 10.1. The molecule has 0 spiro atoms. The average molecular weight is 246 g/mol. The number of anilines is 1. The van der Waals surface area contributed by atoms with Gasteiger partial charge in [-0.3, -0.25) is 0 Å². The van der Waals surface area contributed by atoms with Gasteiger partial charge in [-0.25, -0.2) is 9.50 Å². The van der Waals surface area contributed by atoms with Crippen LogP contribution < -0.4 is 10.5 Å². The van der Waals surface area contributed by atoms with Crippen LogP contribution in [0.4, 0.5) is 5.13 Å². The van der Waals surface area contributed by atoms with Crippen molar-refractivity contribution in [2.24, 2.45) is 0 Å². The Kier molecular flexibility index (Phi) is 2.22. The maximum absolute atomic E-state index is 5.60. The molecule has 2 heterocycles. The highest BCUT2D eigenvalue weighted by Gasteiger charge is 2.11. The molecule has 0 saturated carbocycles. The Morgan fingerprint density at radius 2 is 2.18 bits per heavy atom. The van der Waals surface area contributed by atoms with Gasteiger partial charge in [-0.15, -0.1) is 5.10 Å². The van der Waals surface area contributed by atoms with Crippen LogP contribution >= 0.6 is 11.3 Å². The molecule has 86 valence electrons. The summed E-state index contributed by atoms with van der Waals surface area (Å²) in [6, 6.07) is 7.75. The van der Waals surface area contributed by atoms with Gasteiger partial charge in [0.1, 0.15) is 5.75 Å². The topological polar surface area (TPSA) is 65.4 Å². The van der Waals surface area contributed by atoms with Crippen molar-refractivity contribution >= 4 is 21.4 Å². The predicted octanol–water partition coefficient (Wildman–Crippen LogP) is 2.05. The zero-order valence-corrected chi connectivity index (χ0v) is 9.94. The number of nitrogens with two attached hydrogens (primary N) is 1. The van der Waals surface area contributed by atoms with E-state index in [1.54, 1.807) is 11.6 Å². The van der Waals surface area contributed by atoms with Crippen LogP contribution in [0.15, 0.2) is 30.5 Å². The number of rotatable bonds is 2. The molecule has 0 aliphatic rings. The van der Waals surface area contributed by atoms with Crippen LogP contribution in [0.2, 0.25) is 0 Å². The van der Waals surface area contributed by atoms with Gasteiger partial charge in [0.05, 0.1) is 19.0 Å². The Morgan fingerprint density at radius 1 is 1.35 bits per heavy atom. The molecule has 0 fully saturated rings. The van der Waals surface area contributed by atoms with E-state index < -0.39 is 0 Å². The molecule has 0 amide bonds. The van der Waals surface area contributed by atoms with Crippen LogP contribution in [0.1, 0.15) is 0 Å². The first-order chi connectivity index (χ1) is 8.28. The number of benzene rings is 1. The lowest BCUT2D eigenvalue weighted by Gasteiger charge is -2.04. The third kappa shape index (κ3) is 1.62. The number of methoxy groups -OCH3 is 1. The average Bonchev–Trinajstić information content (AvgIpc) is 2.86. The van der Waals surface area contributed by atoms with Gasteiger partial charge in [-0.1, -0.05) is 23.5 Å². The number of para-hydroxylation sites is 1. The highest BCUT2D eigenvalue weighted by molar-refractivity contribution is 7.20. The fourth-order valence-electron chi connectivity index (χ4n) is 1.70. The number of hydrogen-bond donors (Lipinski definition) is 1. The lowest BCUT2D eigenvalue weighted by atomic mass is 10.1. The van der Waals surface area contributed by atoms with Gasteiger partial charge in [-0.05, 0) is 12.1 Å². The van der Waals surface area contributed by atoms with Crippen LogP contribution in [-0.2, 0) is 0 Å². The van der Waals surface area contributed by atoms with Crippen molar-refractivity contribution in [1.29, 1.82) is 0 Å². The van der Waals surface area contributed by atoms with Crippen molar-refractivity contribution in [3.8, 4) is 17.0 Å². The highest BCUT2D eigenvalue weighted by atomic mass is 32.1. The standard InChI is InChI=1S/C11H10N4OS/c1-16-9-5-3-2-4-7(9)8-6-15-11(13-8)17-10(12)14-15/h2-6H,1H3,(H2,12,14). The lowest BCUT2D eigenvalue weighted by Crippen LogP contribution is -1.88. The summed E-state index contributed by atoms with van der Waals surface area (Å²) < 4.78 is 6.99. The molecule has 0 aliphatic carbocycles. The molecule has 0 aliphatic heterocycles. The molecular weight excluding hydrogens is 236 g/mol. The van der Waals surface area contributed by atoms with E-state index >= 15 is 0 Å². The number of aromatic nitrogens is 3. The van der Waals surface area contributed by atoms with Gasteiger partial charge in [0, 0.05) is 5.56 Å². The van der Waals surface area contributed by atoms with E-state index in [-0.39, 0.29) is 0 Å². The SMILES string of the molecule is COc1ccccc1-c1cn2nc(N)sc2n1. The van der Waals surface area contributed by atoms with Crippen molar-refractivity contribution in [3.63, 3.8) is 0 Å². The molecule has 2 aromatic heterocycles. The molecular formula is C11H10N4OS. The van der Waals surface area contributed by atoms with Crippen LogP contribution in [0.5, 0.6) is 5.75 Å². The number of nitrogen functional groups attached to an aromatic ring is 1. The number of imidazole rings is 1. The first-order valence-electron chi connectivity index (χ1n) is 5.03. The van der Waals surface area contributed by atoms with E-state index in [2.05, 4.69) is 10.1 Å². The summed E-state index contributed by atoms with van der Waals surface area (Å²) in [6.45, 7) is 0. The summed E-state index contributed by atoms with van der Waals surface area (Å²) in [5.41, 5.74) is 7.39. The van der Waals surface area contributed by atoms with Gasteiger partial charge in [0.2, 0.25) is 10.1 Å². The molecule has 0 atom stereocenters. The van der Waals surface area contributed by atoms with E-state index in [0.29, 0.717) is 5.13 Å². The number of fused-ring (bicyclic) bond motifs is 1. The lowest BCUT2D eigenvalue weighted by molar-refractivity contribution is 0.416. The molecule has 3 rings (SSSR count). The Labute approximate surface area is 101 Å².